The molecule has 0 unspecified atom stereocenters. The van der Waals surface area contributed by atoms with Crippen molar-refractivity contribution in [2.24, 2.45) is 11.8 Å². The molecule has 1 saturated carbocycles. The largest absolute Gasteiger partial charge is 0.298 e. The lowest BCUT2D eigenvalue weighted by Crippen LogP contribution is -2.30. The van der Waals surface area contributed by atoms with Gasteiger partial charge in [-0.3, -0.25) is 9.00 Å². The predicted octanol–water partition coefficient (Wildman–Crippen LogP) is 3.11. The highest BCUT2D eigenvalue weighted by atomic mass is 32.2. The highest BCUT2D eigenvalue weighted by molar-refractivity contribution is 7.86. The molecule has 0 aliphatic heterocycles. The molecule has 0 aromatic heterocycles. The molecule has 0 saturated heterocycles. The first-order valence-electron chi connectivity index (χ1n) is 6.50. The van der Waals surface area contributed by atoms with Crippen LogP contribution in [0.3, 0.4) is 0 Å². The molecule has 98 valence electrons. The van der Waals surface area contributed by atoms with Crippen LogP contribution in [0.4, 0.5) is 0 Å². The third-order valence-corrected chi connectivity index (χ3v) is 5.58. The first-order valence-corrected chi connectivity index (χ1v) is 7.72. The quantitative estimate of drug-likeness (QED) is 0.840. The van der Waals surface area contributed by atoms with Crippen LogP contribution in [0.1, 0.15) is 32.3 Å². The Kier molecular flexibility index (Phi) is 4.00. The Morgan fingerprint density at radius 2 is 1.83 bits per heavy atom. The van der Waals surface area contributed by atoms with Crippen LogP contribution < -0.4 is 0 Å². The second-order valence-corrected chi connectivity index (χ2v) is 7.02. The number of rotatable bonds is 3. The molecule has 2 nitrogen and oxygen atoms in total. The highest BCUT2D eigenvalue weighted by Crippen LogP contribution is 2.34. The molecule has 18 heavy (non-hydrogen) atoms. The zero-order chi connectivity index (χ0) is 13.3. The van der Waals surface area contributed by atoms with E-state index in [1.165, 1.54) is 0 Å². The minimum atomic E-state index is -1.20. The van der Waals surface area contributed by atoms with Gasteiger partial charge < -0.3 is 0 Å². The number of hydrogen-bond donors (Lipinski definition) is 0. The minimum absolute atomic E-state index is 0.174. The van der Waals surface area contributed by atoms with Gasteiger partial charge in [-0.15, -0.1) is 0 Å². The summed E-state index contributed by atoms with van der Waals surface area (Å²) < 4.78 is 12.6. The minimum Gasteiger partial charge on any atom is -0.298 e. The number of benzene rings is 1. The van der Waals surface area contributed by atoms with Crippen molar-refractivity contribution < 1.29 is 9.00 Å². The van der Waals surface area contributed by atoms with E-state index in [9.17, 15) is 9.00 Å². The zero-order valence-corrected chi connectivity index (χ0v) is 12.0. The lowest BCUT2D eigenvalue weighted by molar-refractivity contribution is -0.117. The van der Waals surface area contributed by atoms with E-state index < -0.39 is 10.8 Å². The summed E-state index contributed by atoms with van der Waals surface area (Å²) in [6.45, 7) is 6.23. The van der Waals surface area contributed by atoms with Gasteiger partial charge in [-0.25, -0.2) is 0 Å². The molecule has 0 bridgehead atoms. The fourth-order valence-electron chi connectivity index (χ4n) is 2.62. The lowest BCUT2D eigenvalue weighted by Gasteiger charge is -2.21. The van der Waals surface area contributed by atoms with E-state index in [1.807, 2.05) is 31.2 Å². The van der Waals surface area contributed by atoms with E-state index in [-0.39, 0.29) is 17.0 Å². The fraction of sp³-hybridized carbons (Fsp3) is 0.533. The van der Waals surface area contributed by atoms with Crippen molar-refractivity contribution >= 4 is 16.6 Å². The summed E-state index contributed by atoms with van der Waals surface area (Å²) in [5, 5.41) is -0.298. The first kappa shape index (κ1) is 13.5. The summed E-state index contributed by atoms with van der Waals surface area (Å²) >= 11 is 0. The van der Waals surface area contributed by atoms with Crippen LogP contribution in [0.2, 0.25) is 0 Å². The van der Waals surface area contributed by atoms with Crippen molar-refractivity contribution in [1.29, 1.82) is 0 Å². The van der Waals surface area contributed by atoms with Gasteiger partial charge in [-0.1, -0.05) is 31.5 Å². The van der Waals surface area contributed by atoms with E-state index in [0.29, 0.717) is 12.3 Å². The molecule has 1 aliphatic carbocycles. The SMILES string of the molecule is Cc1ccc([S@](=O)[C@H]2C(=O)CC[C@@H]2C(C)C)cc1. The molecular formula is C15H20O2S. The molecule has 1 aromatic rings. The Morgan fingerprint density at radius 1 is 1.22 bits per heavy atom. The molecule has 3 atom stereocenters. The second-order valence-electron chi connectivity index (χ2n) is 5.44. The van der Waals surface area contributed by atoms with Crippen molar-refractivity contribution in [3.63, 3.8) is 0 Å². The van der Waals surface area contributed by atoms with Gasteiger partial charge >= 0.3 is 0 Å². The van der Waals surface area contributed by atoms with Crippen LogP contribution in [0, 0.1) is 18.8 Å². The van der Waals surface area contributed by atoms with Crippen molar-refractivity contribution in [3.05, 3.63) is 29.8 Å². The average Bonchev–Trinajstić information content (AvgIpc) is 2.71. The van der Waals surface area contributed by atoms with Crippen LogP contribution >= 0.6 is 0 Å². The van der Waals surface area contributed by atoms with Gasteiger partial charge in [-0.05, 0) is 37.3 Å². The van der Waals surface area contributed by atoms with Gasteiger partial charge in [0.2, 0.25) is 0 Å². The lowest BCUT2D eigenvalue weighted by atomic mass is 9.94. The third kappa shape index (κ3) is 2.56. The Labute approximate surface area is 111 Å². The Bertz CT molecular complexity index is 462. The fourth-order valence-corrected chi connectivity index (χ4v) is 4.44. The molecule has 0 N–H and O–H groups in total. The van der Waals surface area contributed by atoms with Gasteiger partial charge in [0.1, 0.15) is 11.0 Å². The van der Waals surface area contributed by atoms with Crippen molar-refractivity contribution in [2.75, 3.05) is 0 Å². The summed E-state index contributed by atoms with van der Waals surface area (Å²) in [7, 11) is -1.20. The molecule has 0 radical (unpaired) electrons. The van der Waals surface area contributed by atoms with E-state index in [1.54, 1.807) is 0 Å². The van der Waals surface area contributed by atoms with Crippen LogP contribution in [-0.2, 0) is 15.6 Å². The smallest absolute Gasteiger partial charge is 0.149 e. The van der Waals surface area contributed by atoms with Crippen LogP contribution in [0.15, 0.2) is 29.2 Å². The number of ketones is 1. The van der Waals surface area contributed by atoms with Gasteiger partial charge in [0.05, 0.1) is 10.8 Å². The average molecular weight is 264 g/mol. The van der Waals surface area contributed by atoms with Crippen LogP contribution in [0.5, 0.6) is 0 Å². The predicted molar refractivity (Wildman–Crippen MR) is 73.9 cm³/mol. The maximum absolute atomic E-state index is 12.6. The molecule has 0 spiro atoms. The molecule has 1 fully saturated rings. The number of carbonyl (C=O) groups excluding carboxylic acids is 1. The topological polar surface area (TPSA) is 34.1 Å². The van der Waals surface area contributed by atoms with E-state index >= 15 is 0 Å². The summed E-state index contributed by atoms with van der Waals surface area (Å²) in [6, 6.07) is 7.68. The van der Waals surface area contributed by atoms with Crippen LogP contribution in [0.25, 0.3) is 0 Å². The first-order chi connectivity index (χ1) is 8.50. The number of aryl methyl sites for hydroxylation is 1. The summed E-state index contributed by atoms with van der Waals surface area (Å²) in [6.07, 6.45) is 1.48. The van der Waals surface area contributed by atoms with E-state index in [0.717, 1.165) is 16.9 Å². The molecule has 2 rings (SSSR count). The van der Waals surface area contributed by atoms with Gasteiger partial charge in [0, 0.05) is 11.3 Å². The maximum Gasteiger partial charge on any atom is 0.149 e. The molecule has 3 heteroatoms. The molecule has 0 amide bonds. The maximum atomic E-state index is 12.6. The zero-order valence-electron chi connectivity index (χ0n) is 11.2. The summed E-state index contributed by atoms with van der Waals surface area (Å²) in [5.41, 5.74) is 1.15. The third-order valence-electron chi connectivity index (χ3n) is 3.77. The molecule has 1 aromatic carbocycles. The molecule has 0 heterocycles. The number of carbonyl (C=O) groups is 1. The van der Waals surface area contributed by atoms with Gasteiger partial charge in [0.15, 0.2) is 0 Å². The van der Waals surface area contributed by atoms with Crippen molar-refractivity contribution in [3.8, 4) is 0 Å². The number of hydrogen-bond acceptors (Lipinski definition) is 2. The van der Waals surface area contributed by atoms with Crippen molar-refractivity contribution in [1.82, 2.24) is 0 Å². The van der Waals surface area contributed by atoms with Gasteiger partial charge in [-0.2, -0.15) is 0 Å². The molecular weight excluding hydrogens is 244 g/mol. The van der Waals surface area contributed by atoms with Gasteiger partial charge in [0.25, 0.3) is 0 Å². The second kappa shape index (κ2) is 5.35. The summed E-state index contributed by atoms with van der Waals surface area (Å²) in [4.78, 5) is 12.8. The Balaban J connectivity index is 2.26. The Morgan fingerprint density at radius 3 is 2.39 bits per heavy atom. The highest BCUT2D eigenvalue weighted by Gasteiger charge is 2.40. The molecule has 1 aliphatic rings. The van der Waals surface area contributed by atoms with E-state index in [2.05, 4.69) is 13.8 Å². The number of Topliss-reactive ketones (excluding diaryl/α,β-unsaturated/α-hetero) is 1. The van der Waals surface area contributed by atoms with Crippen LogP contribution in [-0.4, -0.2) is 15.2 Å². The Hall–Kier alpha value is -0.960. The monoisotopic (exact) mass is 264 g/mol. The summed E-state index contributed by atoms with van der Waals surface area (Å²) in [5.74, 6) is 0.850. The normalized spacial score (nSPS) is 25.7. The standard InChI is InChI=1S/C15H20O2S/c1-10(2)13-8-9-14(16)15(13)18(17)12-6-4-11(3)5-7-12/h4-7,10,13,15H,8-9H2,1-3H3/t13-,15-,18+/m1/s1. The van der Waals surface area contributed by atoms with Crippen molar-refractivity contribution in [2.45, 2.75) is 43.8 Å². The van der Waals surface area contributed by atoms with E-state index in [4.69, 9.17) is 0 Å².